The third kappa shape index (κ3) is 2.91. The van der Waals surface area contributed by atoms with Crippen molar-refractivity contribution in [3.8, 4) is 5.75 Å². The molecule has 6 rings (SSSR count). The Kier molecular flexibility index (Phi) is 4.74. The van der Waals surface area contributed by atoms with Crippen molar-refractivity contribution in [1.82, 2.24) is 10.3 Å². The van der Waals surface area contributed by atoms with Crippen LogP contribution in [0.1, 0.15) is 57.2 Å². The Hall–Kier alpha value is -4.63. The molecule has 184 valence electrons. The first kappa shape index (κ1) is 22.8. The van der Waals surface area contributed by atoms with E-state index in [-0.39, 0.29) is 33.9 Å². The van der Waals surface area contributed by atoms with E-state index in [0.717, 1.165) is 5.56 Å². The molecule has 3 aromatic carbocycles. The van der Waals surface area contributed by atoms with E-state index in [1.165, 1.54) is 18.2 Å². The van der Waals surface area contributed by atoms with Gasteiger partial charge in [-0.3, -0.25) is 24.7 Å². The van der Waals surface area contributed by atoms with Gasteiger partial charge in [0.1, 0.15) is 11.3 Å². The van der Waals surface area contributed by atoms with E-state index >= 15 is 0 Å². The van der Waals surface area contributed by atoms with Crippen molar-refractivity contribution >= 4 is 28.3 Å². The molecule has 37 heavy (non-hydrogen) atoms. The number of nitro benzene ring substituents is 1. The fraction of sp³-hybridized carbons (Fsp3) is 0.179. The summed E-state index contributed by atoms with van der Waals surface area (Å²) in [6, 6.07) is 17.6. The van der Waals surface area contributed by atoms with Crippen LogP contribution in [0.5, 0.6) is 5.75 Å². The number of rotatable bonds is 4. The highest BCUT2D eigenvalue weighted by molar-refractivity contribution is 6.15. The number of nitrogens with one attached hydrogen (secondary N) is 1. The van der Waals surface area contributed by atoms with Gasteiger partial charge in [-0.15, -0.1) is 0 Å². The fourth-order valence-corrected chi connectivity index (χ4v) is 5.40. The second-order valence-electron chi connectivity index (χ2n) is 9.53. The van der Waals surface area contributed by atoms with Crippen LogP contribution in [-0.4, -0.2) is 26.7 Å². The number of ether oxygens (including phenoxy) is 1. The highest BCUT2D eigenvalue weighted by atomic mass is 16.6. The standard InChI is InChI=1S/C28H21N3O6/c1-15(2)17-11-12-20-22(14-17)37-28(34)23-18(8-4-10-21(23)31(35)36)25(32)27(20,28)30-26(33)19-9-3-6-16-7-5-13-29-24(16)19/h3-15,34H,1-2H3,(H,30,33). The maximum atomic E-state index is 14.1. The quantitative estimate of drug-likeness (QED) is 0.318. The largest absolute Gasteiger partial charge is 0.454 e. The van der Waals surface area contributed by atoms with Crippen LogP contribution >= 0.6 is 0 Å². The average Bonchev–Trinajstić information content (AvgIpc) is 3.24. The molecule has 0 radical (unpaired) electrons. The van der Waals surface area contributed by atoms with Gasteiger partial charge >= 0.3 is 0 Å². The predicted octanol–water partition coefficient (Wildman–Crippen LogP) is 4.33. The zero-order valence-corrected chi connectivity index (χ0v) is 19.9. The Morgan fingerprint density at radius 2 is 1.86 bits per heavy atom. The van der Waals surface area contributed by atoms with Crippen LogP contribution in [0.3, 0.4) is 0 Å². The number of fused-ring (bicyclic) bond motifs is 6. The Morgan fingerprint density at radius 3 is 2.62 bits per heavy atom. The SMILES string of the molecule is CC(C)c1ccc2c(c1)OC1(O)c3c(cccc3[N+](=O)[O-])C(=O)C21NC(=O)c1cccc2cccnc12. The van der Waals surface area contributed by atoms with Crippen LogP contribution in [0.25, 0.3) is 10.9 Å². The number of aromatic nitrogens is 1. The number of pyridine rings is 1. The molecule has 0 fully saturated rings. The van der Waals surface area contributed by atoms with Crippen molar-refractivity contribution in [3.63, 3.8) is 0 Å². The summed E-state index contributed by atoms with van der Waals surface area (Å²) in [4.78, 5) is 43.5. The van der Waals surface area contributed by atoms with Crippen LogP contribution in [0.15, 0.2) is 72.9 Å². The third-order valence-electron chi connectivity index (χ3n) is 7.18. The molecule has 9 heteroatoms. The minimum absolute atomic E-state index is 0.0911. The summed E-state index contributed by atoms with van der Waals surface area (Å²) >= 11 is 0. The molecule has 9 nitrogen and oxygen atoms in total. The number of amides is 1. The molecule has 1 aliphatic heterocycles. The number of carbonyl (C=O) groups excluding carboxylic acids is 2. The molecule has 0 saturated heterocycles. The summed E-state index contributed by atoms with van der Waals surface area (Å²) in [5, 5.41) is 27.5. The molecule has 1 aromatic heterocycles. The van der Waals surface area contributed by atoms with Crippen molar-refractivity contribution in [1.29, 1.82) is 0 Å². The Bertz CT molecular complexity index is 1660. The Balaban J connectivity index is 1.60. The smallest absolute Gasteiger partial charge is 0.280 e. The molecule has 0 spiro atoms. The number of aliphatic hydroxyl groups is 1. The van der Waals surface area contributed by atoms with Gasteiger partial charge < -0.3 is 15.2 Å². The van der Waals surface area contributed by atoms with E-state index in [1.54, 1.807) is 54.7 Å². The molecule has 2 aliphatic rings. The average molecular weight is 495 g/mol. The summed E-state index contributed by atoms with van der Waals surface area (Å²) in [6.07, 6.45) is 1.55. The molecule has 2 N–H and O–H groups in total. The first-order valence-corrected chi connectivity index (χ1v) is 11.7. The van der Waals surface area contributed by atoms with Gasteiger partial charge in [0.25, 0.3) is 17.4 Å². The Labute approximate surface area is 210 Å². The van der Waals surface area contributed by atoms with E-state index < -0.39 is 33.6 Å². The topological polar surface area (TPSA) is 132 Å². The molecule has 1 amide bonds. The lowest BCUT2D eigenvalue weighted by Crippen LogP contribution is -2.60. The zero-order valence-electron chi connectivity index (χ0n) is 19.9. The number of Topliss-reactive ketones (excluding diaryl/α,β-unsaturated/α-hetero) is 1. The first-order chi connectivity index (χ1) is 17.7. The van der Waals surface area contributed by atoms with Crippen LogP contribution in [-0.2, 0) is 11.3 Å². The van der Waals surface area contributed by atoms with Crippen molar-refractivity contribution in [2.45, 2.75) is 31.1 Å². The minimum atomic E-state index is -2.55. The number of benzene rings is 3. The van der Waals surface area contributed by atoms with E-state index in [2.05, 4.69) is 10.3 Å². The van der Waals surface area contributed by atoms with Gasteiger partial charge in [-0.25, -0.2) is 0 Å². The Morgan fingerprint density at radius 1 is 1.11 bits per heavy atom. The summed E-state index contributed by atoms with van der Waals surface area (Å²) in [5.74, 6) is -3.66. The van der Waals surface area contributed by atoms with Crippen molar-refractivity contribution in [2.75, 3.05) is 0 Å². The van der Waals surface area contributed by atoms with E-state index in [1.807, 2.05) is 13.8 Å². The van der Waals surface area contributed by atoms with E-state index in [4.69, 9.17) is 4.74 Å². The number of ketones is 1. The number of carbonyl (C=O) groups is 2. The van der Waals surface area contributed by atoms with Gasteiger partial charge in [-0.1, -0.05) is 56.3 Å². The van der Waals surface area contributed by atoms with Crippen molar-refractivity contribution in [2.24, 2.45) is 0 Å². The molecule has 2 heterocycles. The lowest BCUT2D eigenvalue weighted by molar-refractivity contribution is -0.388. The molecule has 2 atom stereocenters. The first-order valence-electron chi connectivity index (χ1n) is 11.7. The van der Waals surface area contributed by atoms with Crippen LogP contribution in [0.4, 0.5) is 5.69 Å². The summed E-state index contributed by atoms with van der Waals surface area (Å²) in [5.41, 5.74) is -1.33. The van der Waals surface area contributed by atoms with Crippen molar-refractivity contribution < 1.29 is 24.4 Å². The number of hydrogen-bond acceptors (Lipinski definition) is 7. The van der Waals surface area contributed by atoms with Crippen LogP contribution < -0.4 is 10.1 Å². The van der Waals surface area contributed by atoms with Gasteiger partial charge in [0.2, 0.25) is 11.3 Å². The van der Waals surface area contributed by atoms with E-state index in [0.29, 0.717) is 10.9 Å². The molecular weight excluding hydrogens is 474 g/mol. The normalized spacial score (nSPS) is 21.4. The molecule has 4 aromatic rings. The fourth-order valence-electron chi connectivity index (χ4n) is 5.40. The molecule has 2 unspecified atom stereocenters. The molecule has 1 aliphatic carbocycles. The molecule has 0 bridgehead atoms. The molecule has 0 saturated carbocycles. The maximum absolute atomic E-state index is 14.1. The number of nitro groups is 1. The third-order valence-corrected chi connectivity index (χ3v) is 7.18. The predicted molar refractivity (Wildman–Crippen MR) is 133 cm³/mol. The van der Waals surface area contributed by atoms with E-state index in [9.17, 15) is 24.8 Å². The van der Waals surface area contributed by atoms with Gasteiger partial charge in [0, 0.05) is 28.8 Å². The van der Waals surface area contributed by atoms with Gasteiger partial charge in [0.15, 0.2) is 0 Å². The van der Waals surface area contributed by atoms with Crippen LogP contribution in [0, 0.1) is 10.1 Å². The molecular formula is C28H21N3O6. The number of hydrogen-bond donors (Lipinski definition) is 2. The van der Waals surface area contributed by atoms with Crippen molar-refractivity contribution in [3.05, 3.63) is 111 Å². The monoisotopic (exact) mass is 495 g/mol. The van der Waals surface area contributed by atoms with Gasteiger partial charge in [-0.05, 0) is 29.7 Å². The lowest BCUT2D eigenvalue weighted by Gasteiger charge is -2.34. The summed E-state index contributed by atoms with van der Waals surface area (Å²) in [6.45, 7) is 3.95. The maximum Gasteiger partial charge on any atom is 0.280 e. The lowest BCUT2D eigenvalue weighted by atomic mass is 9.81. The zero-order chi connectivity index (χ0) is 26.1. The highest BCUT2D eigenvalue weighted by Gasteiger charge is 2.73. The van der Waals surface area contributed by atoms with Gasteiger partial charge in [0.05, 0.1) is 16.0 Å². The summed E-state index contributed by atoms with van der Waals surface area (Å²) in [7, 11) is 0. The van der Waals surface area contributed by atoms with Gasteiger partial charge in [-0.2, -0.15) is 0 Å². The summed E-state index contributed by atoms with van der Waals surface area (Å²) < 4.78 is 6.02. The minimum Gasteiger partial charge on any atom is -0.454 e. The number of para-hydroxylation sites is 1. The highest BCUT2D eigenvalue weighted by Crippen LogP contribution is 2.60. The van der Waals surface area contributed by atoms with Crippen LogP contribution in [0.2, 0.25) is 0 Å². The second-order valence-corrected chi connectivity index (χ2v) is 9.53. The number of nitrogens with zero attached hydrogens (tertiary/aromatic N) is 2. The second kappa shape index (κ2) is 7.68.